The third-order valence-electron chi connectivity index (χ3n) is 2.74. The van der Waals surface area contributed by atoms with E-state index in [4.69, 9.17) is 0 Å². The third kappa shape index (κ3) is 2.56. The molecule has 1 unspecified atom stereocenters. The predicted octanol–water partition coefficient (Wildman–Crippen LogP) is 3.98. The Balaban J connectivity index is 2.47. The van der Waals surface area contributed by atoms with Crippen LogP contribution in [-0.4, -0.2) is 5.11 Å². The van der Waals surface area contributed by atoms with E-state index in [-0.39, 0.29) is 5.82 Å². The minimum atomic E-state index is -0.818. The molecule has 0 bridgehead atoms. The highest BCUT2D eigenvalue weighted by molar-refractivity contribution is 9.10. The first-order valence-electron chi connectivity index (χ1n) is 5.28. The molecular formula is C14H12BrFO. The lowest BCUT2D eigenvalue weighted by molar-refractivity contribution is 0.218. The molecule has 0 amide bonds. The van der Waals surface area contributed by atoms with E-state index in [9.17, 15) is 9.50 Å². The molecule has 0 saturated carbocycles. The van der Waals surface area contributed by atoms with Crippen molar-refractivity contribution in [2.24, 2.45) is 0 Å². The van der Waals surface area contributed by atoms with Gasteiger partial charge in [-0.05, 0) is 41.8 Å². The van der Waals surface area contributed by atoms with Crippen LogP contribution in [0.1, 0.15) is 22.8 Å². The average Bonchev–Trinajstić information content (AvgIpc) is 2.32. The first kappa shape index (κ1) is 12.3. The van der Waals surface area contributed by atoms with Crippen molar-refractivity contribution in [1.29, 1.82) is 0 Å². The zero-order chi connectivity index (χ0) is 12.4. The summed E-state index contributed by atoms with van der Waals surface area (Å²) in [4.78, 5) is 0. The van der Waals surface area contributed by atoms with Crippen LogP contribution in [0.2, 0.25) is 0 Å². The summed E-state index contributed by atoms with van der Waals surface area (Å²) in [5.74, 6) is -0.336. The monoisotopic (exact) mass is 294 g/mol. The van der Waals surface area contributed by atoms with Gasteiger partial charge in [0.05, 0.1) is 0 Å². The number of aryl methyl sites for hydroxylation is 1. The SMILES string of the molecule is Cc1ccc(F)cc1C(O)c1ccccc1Br. The number of hydrogen-bond acceptors (Lipinski definition) is 1. The zero-order valence-corrected chi connectivity index (χ0v) is 10.9. The molecule has 17 heavy (non-hydrogen) atoms. The Bertz CT molecular complexity index is 539. The lowest BCUT2D eigenvalue weighted by Crippen LogP contribution is -2.03. The first-order chi connectivity index (χ1) is 8.09. The molecule has 0 aliphatic carbocycles. The lowest BCUT2D eigenvalue weighted by atomic mass is 9.97. The van der Waals surface area contributed by atoms with Gasteiger partial charge >= 0.3 is 0 Å². The van der Waals surface area contributed by atoms with E-state index in [0.717, 1.165) is 15.6 Å². The van der Waals surface area contributed by atoms with Gasteiger partial charge in [0.2, 0.25) is 0 Å². The topological polar surface area (TPSA) is 20.2 Å². The van der Waals surface area contributed by atoms with E-state index in [1.807, 2.05) is 31.2 Å². The normalized spacial score (nSPS) is 12.5. The maximum Gasteiger partial charge on any atom is 0.123 e. The number of hydrogen-bond donors (Lipinski definition) is 1. The molecule has 0 aliphatic rings. The summed E-state index contributed by atoms with van der Waals surface area (Å²) in [6.07, 6.45) is -0.818. The Hall–Kier alpha value is -1.19. The van der Waals surface area contributed by atoms with Gasteiger partial charge in [0.1, 0.15) is 11.9 Å². The predicted molar refractivity (Wildman–Crippen MR) is 69.3 cm³/mol. The van der Waals surface area contributed by atoms with Gasteiger partial charge in [-0.3, -0.25) is 0 Å². The van der Waals surface area contributed by atoms with Crippen LogP contribution >= 0.6 is 15.9 Å². The lowest BCUT2D eigenvalue weighted by Gasteiger charge is -2.15. The largest absolute Gasteiger partial charge is 0.384 e. The van der Waals surface area contributed by atoms with Crippen molar-refractivity contribution in [2.45, 2.75) is 13.0 Å². The van der Waals surface area contributed by atoms with Crippen LogP contribution in [0.4, 0.5) is 4.39 Å². The zero-order valence-electron chi connectivity index (χ0n) is 9.32. The molecule has 2 aromatic carbocycles. The molecule has 0 radical (unpaired) electrons. The maximum absolute atomic E-state index is 13.2. The standard InChI is InChI=1S/C14H12BrFO/c1-9-6-7-10(16)8-12(9)14(17)11-4-2-3-5-13(11)15/h2-8,14,17H,1H3. The van der Waals surface area contributed by atoms with Crippen LogP contribution in [0, 0.1) is 12.7 Å². The van der Waals surface area contributed by atoms with Gasteiger partial charge in [0, 0.05) is 4.47 Å². The fraction of sp³-hybridized carbons (Fsp3) is 0.143. The van der Waals surface area contributed by atoms with Gasteiger partial charge in [-0.25, -0.2) is 4.39 Å². The van der Waals surface area contributed by atoms with Gasteiger partial charge in [-0.15, -0.1) is 0 Å². The fourth-order valence-electron chi connectivity index (χ4n) is 1.77. The quantitative estimate of drug-likeness (QED) is 0.888. The summed E-state index contributed by atoms with van der Waals surface area (Å²) in [5.41, 5.74) is 2.20. The van der Waals surface area contributed by atoms with Crippen LogP contribution in [0.25, 0.3) is 0 Å². The second-order valence-electron chi connectivity index (χ2n) is 3.92. The van der Waals surface area contributed by atoms with Crippen LogP contribution < -0.4 is 0 Å². The minimum Gasteiger partial charge on any atom is -0.384 e. The molecule has 0 aliphatic heterocycles. The minimum absolute atomic E-state index is 0.336. The summed E-state index contributed by atoms with van der Waals surface area (Å²) in [6, 6.07) is 11.8. The summed E-state index contributed by atoms with van der Waals surface area (Å²) < 4.78 is 14.0. The second-order valence-corrected chi connectivity index (χ2v) is 4.78. The van der Waals surface area contributed by atoms with Gasteiger partial charge < -0.3 is 5.11 Å². The van der Waals surface area contributed by atoms with E-state index >= 15 is 0 Å². The van der Waals surface area contributed by atoms with E-state index < -0.39 is 6.10 Å². The van der Waals surface area contributed by atoms with Crippen LogP contribution in [0.5, 0.6) is 0 Å². The Morgan fingerprint density at radius 2 is 1.82 bits per heavy atom. The molecule has 1 N–H and O–H groups in total. The van der Waals surface area contributed by atoms with Crippen molar-refractivity contribution in [3.8, 4) is 0 Å². The number of benzene rings is 2. The number of aliphatic hydroxyl groups is 1. The molecule has 0 aromatic heterocycles. The Morgan fingerprint density at radius 1 is 1.12 bits per heavy atom. The Morgan fingerprint density at radius 3 is 2.53 bits per heavy atom. The molecule has 1 atom stereocenters. The summed E-state index contributed by atoms with van der Waals surface area (Å²) in [6.45, 7) is 1.86. The highest BCUT2D eigenvalue weighted by Crippen LogP contribution is 2.30. The van der Waals surface area contributed by atoms with Crippen molar-refractivity contribution in [2.75, 3.05) is 0 Å². The van der Waals surface area contributed by atoms with Crippen LogP contribution in [-0.2, 0) is 0 Å². The first-order valence-corrected chi connectivity index (χ1v) is 6.07. The molecule has 0 fully saturated rings. The summed E-state index contributed by atoms with van der Waals surface area (Å²) in [7, 11) is 0. The van der Waals surface area contributed by atoms with Crippen LogP contribution in [0.15, 0.2) is 46.9 Å². The highest BCUT2D eigenvalue weighted by Gasteiger charge is 2.15. The van der Waals surface area contributed by atoms with Gasteiger partial charge in [0.25, 0.3) is 0 Å². The molecule has 0 spiro atoms. The Labute approximate surface area is 108 Å². The van der Waals surface area contributed by atoms with Crippen molar-refractivity contribution < 1.29 is 9.50 Å². The molecule has 3 heteroatoms. The third-order valence-corrected chi connectivity index (χ3v) is 3.46. The maximum atomic E-state index is 13.2. The van der Waals surface area contributed by atoms with Gasteiger partial charge in [0.15, 0.2) is 0 Å². The van der Waals surface area contributed by atoms with Crippen LogP contribution in [0.3, 0.4) is 0 Å². The summed E-state index contributed by atoms with van der Waals surface area (Å²) >= 11 is 3.38. The van der Waals surface area contributed by atoms with Gasteiger partial charge in [-0.1, -0.05) is 40.2 Å². The fourth-order valence-corrected chi connectivity index (χ4v) is 2.27. The van der Waals surface area contributed by atoms with E-state index in [1.54, 1.807) is 6.07 Å². The van der Waals surface area contributed by atoms with Gasteiger partial charge in [-0.2, -0.15) is 0 Å². The second kappa shape index (κ2) is 4.98. The van der Waals surface area contributed by atoms with Crippen molar-refractivity contribution >= 4 is 15.9 Å². The molecule has 88 valence electrons. The molecular weight excluding hydrogens is 283 g/mol. The van der Waals surface area contributed by atoms with Crippen molar-refractivity contribution in [1.82, 2.24) is 0 Å². The Kier molecular flexibility index (Phi) is 3.60. The van der Waals surface area contributed by atoms with Crippen molar-refractivity contribution in [3.63, 3.8) is 0 Å². The smallest absolute Gasteiger partial charge is 0.123 e. The summed E-state index contributed by atoms with van der Waals surface area (Å²) in [5, 5.41) is 10.3. The average molecular weight is 295 g/mol. The van der Waals surface area contributed by atoms with E-state index in [1.165, 1.54) is 12.1 Å². The highest BCUT2D eigenvalue weighted by atomic mass is 79.9. The number of aliphatic hydroxyl groups excluding tert-OH is 1. The number of halogens is 2. The molecule has 0 saturated heterocycles. The molecule has 0 heterocycles. The molecule has 2 aromatic rings. The van der Waals surface area contributed by atoms with Crippen molar-refractivity contribution in [3.05, 3.63) is 69.4 Å². The van der Waals surface area contributed by atoms with E-state index in [0.29, 0.717) is 5.56 Å². The molecule has 1 nitrogen and oxygen atoms in total. The molecule has 2 rings (SSSR count). The van der Waals surface area contributed by atoms with E-state index in [2.05, 4.69) is 15.9 Å². The number of rotatable bonds is 2.